The molecule has 2 heteroatoms. The first-order valence-electron chi connectivity index (χ1n) is 7.00. The van der Waals surface area contributed by atoms with Crippen LogP contribution in [0.5, 0.6) is 23.0 Å². The number of ether oxygens (including phenoxy) is 2. The molecule has 0 bridgehead atoms. The molecule has 0 aliphatic carbocycles. The molecule has 1 aliphatic rings. The zero-order chi connectivity index (χ0) is 14.1. The molecule has 102 valence electrons. The Bertz CT molecular complexity index is 779. The first kappa shape index (κ1) is 12.0. The summed E-state index contributed by atoms with van der Waals surface area (Å²) in [5.74, 6) is 3.08. The van der Waals surface area contributed by atoms with Crippen molar-refractivity contribution in [3.63, 3.8) is 0 Å². The Morgan fingerprint density at radius 1 is 0.524 bits per heavy atom. The van der Waals surface area contributed by atoms with Crippen LogP contribution in [0, 0.1) is 0 Å². The van der Waals surface area contributed by atoms with E-state index in [0.717, 1.165) is 29.4 Å². The fourth-order valence-electron chi connectivity index (χ4n) is 2.51. The molecule has 0 N–H and O–H groups in total. The summed E-state index contributed by atoms with van der Waals surface area (Å²) in [4.78, 5) is 0. The number of para-hydroxylation sites is 2. The molecule has 4 rings (SSSR count). The molecule has 0 saturated heterocycles. The Morgan fingerprint density at radius 3 is 1.90 bits per heavy atom. The molecule has 21 heavy (non-hydrogen) atoms. The quantitative estimate of drug-likeness (QED) is 0.501. The fraction of sp³-hybridized carbons (Fsp3) is 0.0526. The highest BCUT2D eigenvalue weighted by Gasteiger charge is 2.18. The van der Waals surface area contributed by atoms with E-state index in [1.165, 1.54) is 11.1 Å². The number of hydrogen-bond donors (Lipinski definition) is 0. The molecule has 0 unspecified atom stereocenters. The Hall–Kier alpha value is -2.74. The van der Waals surface area contributed by atoms with Crippen LogP contribution in [-0.2, 0) is 6.42 Å². The standard InChI is InChI=1S/C19H14O2/c1-2-6-14(7-3-1)12-15-10-11-18-19(13-15)21-17-9-5-4-8-16(17)20-18/h1-11,13H,12H2. The van der Waals surface area contributed by atoms with Crippen LogP contribution in [0.15, 0.2) is 72.8 Å². The van der Waals surface area contributed by atoms with Crippen LogP contribution >= 0.6 is 0 Å². The molecule has 0 radical (unpaired) electrons. The zero-order valence-corrected chi connectivity index (χ0v) is 11.5. The van der Waals surface area contributed by atoms with E-state index in [0.29, 0.717) is 0 Å². The van der Waals surface area contributed by atoms with Gasteiger partial charge in [-0.2, -0.15) is 0 Å². The predicted octanol–water partition coefficient (Wildman–Crippen LogP) is 5.18. The molecule has 1 heterocycles. The minimum atomic E-state index is 0.765. The molecule has 3 aromatic carbocycles. The lowest BCUT2D eigenvalue weighted by molar-refractivity contribution is 0.359. The minimum absolute atomic E-state index is 0.765. The van der Waals surface area contributed by atoms with Crippen LogP contribution < -0.4 is 9.47 Å². The van der Waals surface area contributed by atoms with Gasteiger partial charge in [0.2, 0.25) is 0 Å². The van der Waals surface area contributed by atoms with Crippen LogP contribution in [-0.4, -0.2) is 0 Å². The third kappa shape index (κ3) is 2.36. The molecule has 0 fully saturated rings. The Labute approximate surface area is 123 Å². The first-order valence-corrected chi connectivity index (χ1v) is 7.00. The number of hydrogen-bond acceptors (Lipinski definition) is 2. The van der Waals surface area contributed by atoms with Crippen LogP contribution in [0.4, 0.5) is 0 Å². The van der Waals surface area contributed by atoms with E-state index in [1.807, 2.05) is 36.4 Å². The van der Waals surface area contributed by atoms with Crippen LogP contribution in [0.1, 0.15) is 11.1 Å². The monoisotopic (exact) mass is 274 g/mol. The van der Waals surface area contributed by atoms with Gasteiger partial charge in [0.15, 0.2) is 23.0 Å². The van der Waals surface area contributed by atoms with Gasteiger partial charge in [0.1, 0.15) is 0 Å². The van der Waals surface area contributed by atoms with E-state index < -0.39 is 0 Å². The highest BCUT2D eigenvalue weighted by Crippen LogP contribution is 2.45. The summed E-state index contributed by atoms with van der Waals surface area (Å²) in [6.07, 6.45) is 0.888. The summed E-state index contributed by atoms with van der Waals surface area (Å²) in [6.45, 7) is 0. The lowest BCUT2D eigenvalue weighted by atomic mass is 10.0. The summed E-state index contributed by atoms with van der Waals surface area (Å²) >= 11 is 0. The molecule has 0 aromatic heterocycles. The predicted molar refractivity (Wildman–Crippen MR) is 82.3 cm³/mol. The SMILES string of the molecule is c1ccc(Cc2ccc3c(c2)Oc2ccccc2O3)cc1. The Morgan fingerprint density at radius 2 is 1.14 bits per heavy atom. The maximum atomic E-state index is 5.93. The summed E-state index contributed by atoms with van der Waals surface area (Å²) in [5, 5.41) is 0. The van der Waals surface area contributed by atoms with Crippen molar-refractivity contribution in [1.29, 1.82) is 0 Å². The molecule has 0 spiro atoms. The largest absolute Gasteiger partial charge is 0.450 e. The van der Waals surface area contributed by atoms with Crippen molar-refractivity contribution >= 4 is 0 Å². The molecule has 0 saturated carbocycles. The lowest BCUT2D eigenvalue weighted by Gasteiger charge is -2.20. The van der Waals surface area contributed by atoms with Crippen molar-refractivity contribution < 1.29 is 9.47 Å². The van der Waals surface area contributed by atoms with Gasteiger partial charge in [-0.25, -0.2) is 0 Å². The molecular weight excluding hydrogens is 260 g/mol. The first-order chi connectivity index (χ1) is 10.4. The van der Waals surface area contributed by atoms with E-state index in [2.05, 4.69) is 36.4 Å². The van der Waals surface area contributed by atoms with E-state index in [9.17, 15) is 0 Å². The van der Waals surface area contributed by atoms with Crippen molar-refractivity contribution in [2.24, 2.45) is 0 Å². The summed E-state index contributed by atoms with van der Waals surface area (Å²) in [6, 6.07) is 24.2. The topological polar surface area (TPSA) is 18.5 Å². The van der Waals surface area contributed by atoms with Crippen LogP contribution in [0.25, 0.3) is 0 Å². The van der Waals surface area contributed by atoms with Gasteiger partial charge in [-0.1, -0.05) is 48.5 Å². The Balaban J connectivity index is 1.64. The lowest BCUT2D eigenvalue weighted by Crippen LogP contribution is -1.99. The molecule has 0 atom stereocenters. The average Bonchev–Trinajstić information content (AvgIpc) is 2.54. The highest BCUT2D eigenvalue weighted by atomic mass is 16.6. The van der Waals surface area contributed by atoms with Gasteiger partial charge in [0, 0.05) is 0 Å². The van der Waals surface area contributed by atoms with Crippen molar-refractivity contribution in [3.8, 4) is 23.0 Å². The second-order valence-corrected chi connectivity index (χ2v) is 5.09. The van der Waals surface area contributed by atoms with Gasteiger partial charge in [-0.15, -0.1) is 0 Å². The third-order valence-corrected chi connectivity index (χ3v) is 3.55. The zero-order valence-electron chi connectivity index (χ0n) is 11.5. The normalized spacial score (nSPS) is 11.8. The molecule has 0 amide bonds. The van der Waals surface area contributed by atoms with Gasteiger partial charge in [-0.3, -0.25) is 0 Å². The average molecular weight is 274 g/mol. The second kappa shape index (κ2) is 4.98. The van der Waals surface area contributed by atoms with Crippen molar-refractivity contribution in [1.82, 2.24) is 0 Å². The summed E-state index contributed by atoms with van der Waals surface area (Å²) in [5.41, 5.74) is 2.50. The molecule has 2 nitrogen and oxygen atoms in total. The second-order valence-electron chi connectivity index (χ2n) is 5.09. The summed E-state index contributed by atoms with van der Waals surface area (Å²) in [7, 11) is 0. The number of fused-ring (bicyclic) bond motifs is 2. The smallest absolute Gasteiger partial charge is 0.170 e. The van der Waals surface area contributed by atoms with E-state index in [4.69, 9.17) is 9.47 Å². The minimum Gasteiger partial charge on any atom is -0.450 e. The highest BCUT2D eigenvalue weighted by molar-refractivity contribution is 5.55. The van der Waals surface area contributed by atoms with Gasteiger partial charge in [0.05, 0.1) is 0 Å². The third-order valence-electron chi connectivity index (χ3n) is 3.55. The van der Waals surface area contributed by atoms with Crippen molar-refractivity contribution in [2.45, 2.75) is 6.42 Å². The maximum absolute atomic E-state index is 5.93. The van der Waals surface area contributed by atoms with Gasteiger partial charge >= 0.3 is 0 Å². The van der Waals surface area contributed by atoms with E-state index in [-0.39, 0.29) is 0 Å². The fourth-order valence-corrected chi connectivity index (χ4v) is 2.51. The van der Waals surface area contributed by atoms with E-state index >= 15 is 0 Å². The van der Waals surface area contributed by atoms with E-state index in [1.54, 1.807) is 0 Å². The molecular formula is C19H14O2. The summed E-state index contributed by atoms with van der Waals surface area (Å²) < 4.78 is 11.8. The van der Waals surface area contributed by atoms with Gasteiger partial charge in [-0.05, 0) is 41.8 Å². The van der Waals surface area contributed by atoms with Crippen molar-refractivity contribution in [3.05, 3.63) is 83.9 Å². The van der Waals surface area contributed by atoms with Crippen LogP contribution in [0.2, 0.25) is 0 Å². The van der Waals surface area contributed by atoms with Gasteiger partial charge in [0.25, 0.3) is 0 Å². The molecule has 3 aromatic rings. The number of benzene rings is 3. The van der Waals surface area contributed by atoms with Crippen LogP contribution in [0.3, 0.4) is 0 Å². The number of rotatable bonds is 2. The Kier molecular flexibility index (Phi) is 2.86. The van der Waals surface area contributed by atoms with Crippen molar-refractivity contribution in [2.75, 3.05) is 0 Å². The molecule has 1 aliphatic heterocycles. The van der Waals surface area contributed by atoms with Gasteiger partial charge < -0.3 is 9.47 Å². The maximum Gasteiger partial charge on any atom is 0.170 e.